The van der Waals surface area contributed by atoms with Crippen LogP contribution < -0.4 is 5.32 Å². The molecule has 2 heterocycles. The summed E-state index contributed by atoms with van der Waals surface area (Å²) < 4.78 is 0. The smallest absolute Gasteiger partial charge is 0.260 e. The Morgan fingerprint density at radius 1 is 1.56 bits per heavy atom. The lowest BCUT2D eigenvalue weighted by Crippen LogP contribution is -2.12. The molecule has 1 amide bonds. The van der Waals surface area contributed by atoms with Gasteiger partial charge in [-0.05, 0) is 13.0 Å². The number of carbonyl (C=O) groups excluding carboxylic acids is 1. The molecule has 0 saturated heterocycles. The predicted octanol–water partition coefficient (Wildman–Crippen LogP) is 1.07. The molecule has 82 valence electrons. The Hall–Kier alpha value is -2.37. The van der Waals surface area contributed by atoms with E-state index in [9.17, 15) is 9.90 Å². The molecule has 0 aliphatic heterocycles. The predicted molar refractivity (Wildman–Crippen MR) is 57.2 cm³/mol. The summed E-state index contributed by atoms with van der Waals surface area (Å²) in [5, 5.41) is 18.5. The van der Waals surface area contributed by atoms with Crippen LogP contribution in [-0.4, -0.2) is 26.2 Å². The normalized spacial score (nSPS) is 10.1. The second kappa shape index (κ2) is 4.01. The minimum absolute atomic E-state index is 0.160. The number of anilines is 1. The van der Waals surface area contributed by atoms with Gasteiger partial charge in [0.25, 0.3) is 5.91 Å². The topological polar surface area (TPSA) is 90.9 Å². The summed E-state index contributed by atoms with van der Waals surface area (Å²) in [6.07, 6.45) is 2.65. The van der Waals surface area contributed by atoms with Crippen molar-refractivity contribution in [3.05, 3.63) is 35.8 Å². The molecular weight excluding hydrogens is 208 g/mol. The van der Waals surface area contributed by atoms with Crippen molar-refractivity contribution in [2.45, 2.75) is 6.92 Å². The van der Waals surface area contributed by atoms with E-state index in [4.69, 9.17) is 0 Å². The Morgan fingerprint density at radius 3 is 3.00 bits per heavy atom. The molecule has 2 aromatic rings. The van der Waals surface area contributed by atoms with Crippen LogP contribution >= 0.6 is 0 Å². The quantitative estimate of drug-likeness (QED) is 0.703. The maximum atomic E-state index is 11.7. The lowest BCUT2D eigenvalue weighted by atomic mass is 10.2. The number of carbonyl (C=O) groups is 1. The van der Waals surface area contributed by atoms with Crippen molar-refractivity contribution < 1.29 is 9.90 Å². The molecule has 6 heteroatoms. The van der Waals surface area contributed by atoms with Gasteiger partial charge in [0.1, 0.15) is 5.75 Å². The molecule has 0 fully saturated rings. The number of aromatic hydroxyl groups is 1. The van der Waals surface area contributed by atoms with Crippen molar-refractivity contribution in [2.75, 3.05) is 5.32 Å². The number of nitrogens with one attached hydrogen (secondary N) is 2. The average molecular weight is 218 g/mol. The van der Waals surface area contributed by atoms with Crippen molar-refractivity contribution in [1.82, 2.24) is 15.2 Å². The average Bonchev–Trinajstić information content (AvgIpc) is 2.64. The number of amides is 1. The molecule has 0 spiro atoms. The van der Waals surface area contributed by atoms with Crippen LogP contribution in [0.3, 0.4) is 0 Å². The maximum Gasteiger partial charge on any atom is 0.260 e. The molecule has 3 N–H and O–H groups in total. The van der Waals surface area contributed by atoms with Crippen LogP contribution in [0, 0.1) is 6.92 Å². The third kappa shape index (κ3) is 2.00. The molecule has 0 aliphatic rings. The third-order valence-corrected chi connectivity index (χ3v) is 1.99. The van der Waals surface area contributed by atoms with Crippen LogP contribution in [0.15, 0.2) is 24.5 Å². The molecule has 0 aliphatic carbocycles. The van der Waals surface area contributed by atoms with E-state index in [0.717, 1.165) is 5.69 Å². The van der Waals surface area contributed by atoms with E-state index in [2.05, 4.69) is 20.5 Å². The van der Waals surface area contributed by atoms with Crippen LogP contribution in [-0.2, 0) is 0 Å². The fraction of sp³-hybridized carbons (Fsp3) is 0.100. The third-order valence-electron chi connectivity index (χ3n) is 1.99. The van der Waals surface area contributed by atoms with Crippen molar-refractivity contribution in [2.24, 2.45) is 0 Å². The van der Waals surface area contributed by atoms with Crippen LogP contribution in [0.5, 0.6) is 5.75 Å². The fourth-order valence-corrected chi connectivity index (χ4v) is 1.24. The fourth-order valence-electron chi connectivity index (χ4n) is 1.24. The van der Waals surface area contributed by atoms with Crippen LogP contribution in [0.2, 0.25) is 0 Å². The van der Waals surface area contributed by atoms with Gasteiger partial charge in [-0.2, -0.15) is 5.10 Å². The Kier molecular flexibility index (Phi) is 2.55. The molecule has 2 aromatic heterocycles. The number of aryl methyl sites for hydroxylation is 1. The second-order valence-electron chi connectivity index (χ2n) is 3.28. The molecule has 2 rings (SSSR count). The highest BCUT2D eigenvalue weighted by atomic mass is 16.3. The number of rotatable bonds is 2. The minimum Gasteiger partial charge on any atom is -0.505 e. The molecule has 0 atom stereocenters. The molecule has 0 unspecified atom stereocenters. The molecule has 0 bridgehead atoms. The van der Waals surface area contributed by atoms with E-state index in [1.54, 1.807) is 6.07 Å². The van der Waals surface area contributed by atoms with E-state index in [1.807, 2.05) is 6.92 Å². The monoisotopic (exact) mass is 218 g/mol. The van der Waals surface area contributed by atoms with Crippen molar-refractivity contribution in [1.29, 1.82) is 0 Å². The Bertz CT molecular complexity index is 521. The molecule has 0 aromatic carbocycles. The van der Waals surface area contributed by atoms with Crippen molar-refractivity contribution >= 4 is 11.7 Å². The number of hydrogen-bond acceptors (Lipinski definition) is 4. The van der Waals surface area contributed by atoms with E-state index < -0.39 is 5.91 Å². The van der Waals surface area contributed by atoms with Crippen LogP contribution in [0.25, 0.3) is 0 Å². The molecule has 0 saturated carbocycles. The van der Waals surface area contributed by atoms with Gasteiger partial charge in [-0.1, -0.05) is 0 Å². The number of aromatic nitrogens is 3. The van der Waals surface area contributed by atoms with Gasteiger partial charge in [0.15, 0.2) is 5.82 Å². The zero-order valence-electron chi connectivity index (χ0n) is 8.56. The van der Waals surface area contributed by atoms with E-state index in [-0.39, 0.29) is 11.3 Å². The summed E-state index contributed by atoms with van der Waals surface area (Å²) in [5.41, 5.74) is 1.00. The summed E-state index contributed by atoms with van der Waals surface area (Å²) in [6, 6.07) is 3.13. The number of H-pyrrole nitrogens is 1. The zero-order valence-corrected chi connectivity index (χ0v) is 8.56. The van der Waals surface area contributed by atoms with Gasteiger partial charge in [-0.25, -0.2) is 0 Å². The Morgan fingerprint density at radius 2 is 2.38 bits per heavy atom. The van der Waals surface area contributed by atoms with Gasteiger partial charge in [0.05, 0.1) is 11.8 Å². The van der Waals surface area contributed by atoms with Crippen LogP contribution in [0.4, 0.5) is 5.82 Å². The highest BCUT2D eigenvalue weighted by Crippen LogP contribution is 2.15. The number of hydrogen-bond donors (Lipinski definition) is 3. The molecule has 6 nitrogen and oxygen atoms in total. The van der Waals surface area contributed by atoms with Gasteiger partial charge in [0, 0.05) is 18.0 Å². The largest absolute Gasteiger partial charge is 0.505 e. The standard InChI is InChI=1S/C10H10N4O2/c1-6-4-9(14-13-6)12-10(16)7-2-3-11-5-8(7)15/h2-5,15H,1H3,(H2,12,13,14,16). The number of pyridine rings is 1. The first-order valence-electron chi connectivity index (χ1n) is 4.63. The summed E-state index contributed by atoms with van der Waals surface area (Å²) in [7, 11) is 0. The summed E-state index contributed by atoms with van der Waals surface area (Å²) in [6.45, 7) is 1.83. The van der Waals surface area contributed by atoms with E-state index in [0.29, 0.717) is 5.82 Å². The van der Waals surface area contributed by atoms with Gasteiger partial charge in [-0.15, -0.1) is 0 Å². The second-order valence-corrected chi connectivity index (χ2v) is 3.28. The maximum absolute atomic E-state index is 11.7. The first kappa shape index (κ1) is 10.2. The zero-order chi connectivity index (χ0) is 11.5. The first-order chi connectivity index (χ1) is 7.66. The van der Waals surface area contributed by atoms with Gasteiger partial charge in [0.2, 0.25) is 0 Å². The molecule has 0 radical (unpaired) electrons. The van der Waals surface area contributed by atoms with E-state index in [1.165, 1.54) is 18.5 Å². The summed E-state index contributed by atoms with van der Waals surface area (Å²) in [5.74, 6) is -0.169. The number of nitrogens with zero attached hydrogens (tertiary/aromatic N) is 2. The minimum atomic E-state index is -0.425. The Balaban J connectivity index is 2.18. The lowest BCUT2D eigenvalue weighted by Gasteiger charge is -2.02. The SMILES string of the molecule is Cc1cc(NC(=O)c2ccncc2O)n[nH]1. The summed E-state index contributed by atoms with van der Waals surface area (Å²) >= 11 is 0. The number of aromatic amines is 1. The first-order valence-corrected chi connectivity index (χ1v) is 4.63. The highest BCUT2D eigenvalue weighted by Gasteiger charge is 2.11. The Labute approximate surface area is 91.3 Å². The van der Waals surface area contributed by atoms with Crippen molar-refractivity contribution in [3.63, 3.8) is 0 Å². The molecule has 16 heavy (non-hydrogen) atoms. The van der Waals surface area contributed by atoms with Gasteiger partial charge >= 0.3 is 0 Å². The van der Waals surface area contributed by atoms with Gasteiger partial charge in [-0.3, -0.25) is 14.9 Å². The summed E-state index contributed by atoms with van der Waals surface area (Å²) in [4.78, 5) is 15.4. The highest BCUT2D eigenvalue weighted by molar-refractivity contribution is 6.05. The van der Waals surface area contributed by atoms with E-state index >= 15 is 0 Å². The molecular formula is C10H10N4O2. The lowest BCUT2D eigenvalue weighted by molar-refractivity contribution is 0.102. The van der Waals surface area contributed by atoms with Crippen molar-refractivity contribution in [3.8, 4) is 5.75 Å². The van der Waals surface area contributed by atoms with Gasteiger partial charge < -0.3 is 10.4 Å². The van der Waals surface area contributed by atoms with Crippen LogP contribution in [0.1, 0.15) is 16.1 Å².